The molecule has 92 valence electrons. The maximum absolute atomic E-state index is 11.4. The number of carboxylic acid groups (broad SMARTS) is 1. The molecule has 1 amide bonds. The highest BCUT2D eigenvalue weighted by Crippen LogP contribution is 2.51. The van der Waals surface area contributed by atoms with E-state index in [1.54, 1.807) is 11.8 Å². The summed E-state index contributed by atoms with van der Waals surface area (Å²) in [7, 11) is 0. The third-order valence-electron chi connectivity index (χ3n) is 3.07. The largest absolute Gasteiger partial charge is 0.477 e. The zero-order valence-electron chi connectivity index (χ0n) is 9.01. The molecule has 3 aliphatic heterocycles. The molecule has 3 rings (SSSR count). The summed E-state index contributed by atoms with van der Waals surface area (Å²) in [5, 5.41) is 12.9. The molecule has 2 atom stereocenters. The van der Waals surface area contributed by atoms with Gasteiger partial charge in [-0.25, -0.2) is 4.79 Å². The second-order valence-corrected chi connectivity index (χ2v) is 6.97. The van der Waals surface area contributed by atoms with Gasteiger partial charge in [0.15, 0.2) is 5.70 Å². The summed E-state index contributed by atoms with van der Waals surface area (Å²) in [5.74, 6) is -1.05. The number of nitrogens with zero attached hydrogens (tertiary/aromatic N) is 1. The normalized spacial score (nSPS) is 31.8. The van der Waals surface area contributed by atoms with Gasteiger partial charge >= 0.3 is 5.97 Å². The van der Waals surface area contributed by atoms with Crippen LogP contribution in [-0.4, -0.2) is 45.6 Å². The number of amides is 1. The van der Waals surface area contributed by atoms with E-state index in [1.807, 2.05) is 0 Å². The highest BCUT2D eigenvalue weighted by molar-refractivity contribution is 8.23. The molecule has 2 fully saturated rings. The molecule has 0 radical (unpaired) electrons. The summed E-state index contributed by atoms with van der Waals surface area (Å²) < 4.78 is 0.807. The first kappa shape index (κ1) is 11.4. The van der Waals surface area contributed by atoms with Crippen LogP contribution < -0.4 is 5.32 Å². The summed E-state index contributed by atoms with van der Waals surface area (Å²) in [6.07, 6.45) is 1.52. The zero-order valence-corrected chi connectivity index (χ0v) is 10.6. The van der Waals surface area contributed by atoms with Crippen molar-refractivity contribution < 1.29 is 14.7 Å². The molecule has 0 aliphatic carbocycles. The first-order valence-corrected chi connectivity index (χ1v) is 7.26. The molecule has 17 heavy (non-hydrogen) atoms. The molecule has 0 saturated carbocycles. The molecule has 0 aromatic carbocycles. The first-order valence-electron chi connectivity index (χ1n) is 5.50. The Hall–Kier alpha value is -0.660. The lowest BCUT2D eigenvalue weighted by Crippen LogP contribution is -2.48. The van der Waals surface area contributed by atoms with Crippen LogP contribution in [-0.2, 0) is 9.59 Å². The molecular formula is C10H12N2O3S2. The van der Waals surface area contributed by atoms with Crippen molar-refractivity contribution in [3.63, 3.8) is 0 Å². The number of hydrogen-bond donors (Lipinski definition) is 2. The topological polar surface area (TPSA) is 69.6 Å². The Kier molecular flexibility index (Phi) is 2.84. The first-order chi connectivity index (χ1) is 8.16. The molecule has 5 nitrogen and oxygen atoms in total. The molecule has 2 saturated heterocycles. The van der Waals surface area contributed by atoms with Gasteiger partial charge < -0.3 is 10.4 Å². The van der Waals surface area contributed by atoms with Gasteiger partial charge in [0.1, 0.15) is 0 Å². The molecule has 0 bridgehead atoms. The number of nitrogens with one attached hydrogen (secondary N) is 1. The summed E-state index contributed by atoms with van der Waals surface area (Å²) >= 11 is 3.13. The van der Waals surface area contributed by atoms with Crippen LogP contribution in [0.3, 0.4) is 0 Å². The lowest BCUT2D eigenvalue weighted by atomic mass is 10.2. The van der Waals surface area contributed by atoms with Crippen LogP contribution in [0.25, 0.3) is 0 Å². The van der Waals surface area contributed by atoms with Crippen LogP contribution in [0.4, 0.5) is 0 Å². The van der Waals surface area contributed by atoms with Gasteiger partial charge in [0.05, 0.1) is 16.0 Å². The monoisotopic (exact) mass is 272 g/mol. The van der Waals surface area contributed by atoms with Gasteiger partial charge in [0.25, 0.3) is 0 Å². The molecule has 2 N–H and O–H groups in total. The van der Waals surface area contributed by atoms with Gasteiger partial charge in [0, 0.05) is 11.8 Å². The molecule has 0 spiro atoms. The van der Waals surface area contributed by atoms with Gasteiger partial charge in [-0.15, -0.1) is 11.8 Å². The molecule has 0 aromatic heterocycles. The molecule has 3 heterocycles. The van der Waals surface area contributed by atoms with Crippen LogP contribution in [0.15, 0.2) is 9.93 Å². The Morgan fingerprint density at radius 2 is 2.41 bits per heavy atom. The minimum atomic E-state index is -0.985. The van der Waals surface area contributed by atoms with E-state index in [2.05, 4.69) is 5.32 Å². The fourth-order valence-electron chi connectivity index (χ4n) is 2.18. The van der Waals surface area contributed by atoms with E-state index in [9.17, 15) is 14.7 Å². The van der Waals surface area contributed by atoms with Crippen LogP contribution in [0, 0.1) is 0 Å². The Morgan fingerprint density at radius 1 is 1.59 bits per heavy atom. The standard InChI is InChI=1S/C10H12N2O3S2/c13-6-3-7-12(6)8(9(14)15)10(17-7)16-5-1-2-11-4-5/h5,7,11H,1-4H2,(H,14,15)/t5?,7-/m0/s1. The van der Waals surface area contributed by atoms with Gasteiger partial charge in [-0.05, 0) is 13.0 Å². The predicted octanol–water partition coefficient (Wildman–Crippen LogP) is 0.640. The van der Waals surface area contributed by atoms with Gasteiger partial charge in [0.2, 0.25) is 5.91 Å². The molecule has 0 aromatic rings. The molecule has 7 heteroatoms. The van der Waals surface area contributed by atoms with Crippen molar-refractivity contribution in [3.8, 4) is 0 Å². The van der Waals surface area contributed by atoms with Crippen LogP contribution in [0.5, 0.6) is 0 Å². The van der Waals surface area contributed by atoms with Crippen LogP contribution in [0.1, 0.15) is 12.8 Å². The summed E-state index contributed by atoms with van der Waals surface area (Å²) in [5.41, 5.74) is 0.202. The zero-order chi connectivity index (χ0) is 12.0. The van der Waals surface area contributed by atoms with E-state index in [0.29, 0.717) is 11.7 Å². The number of rotatable bonds is 3. The number of carboxylic acids is 1. The third kappa shape index (κ3) is 1.86. The SMILES string of the molecule is O=C(O)C1=C(SC2CCNC2)S[C@H]2CC(=O)N12. The number of β-lactam (4-membered cyclic amide) rings is 1. The number of carbonyl (C=O) groups is 2. The van der Waals surface area contributed by atoms with Crippen molar-refractivity contribution in [3.05, 3.63) is 9.93 Å². The highest BCUT2D eigenvalue weighted by Gasteiger charge is 2.49. The fourth-order valence-corrected chi connectivity index (χ4v) is 5.28. The summed E-state index contributed by atoms with van der Waals surface area (Å²) in [4.78, 5) is 24.1. The average molecular weight is 272 g/mol. The van der Waals surface area contributed by atoms with E-state index < -0.39 is 5.97 Å². The average Bonchev–Trinajstić information content (AvgIpc) is 2.84. The Labute approximate surface area is 107 Å². The second kappa shape index (κ2) is 4.22. The van der Waals surface area contributed by atoms with Gasteiger partial charge in [-0.1, -0.05) is 11.8 Å². The van der Waals surface area contributed by atoms with E-state index in [4.69, 9.17) is 0 Å². The number of aliphatic carboxylic acids is 1. The number of fused-ring (bicyclic) bond motifs is 1. The Balaban J connectivity index is 1.81. The highest BCUT2D eigenvalue weighted by atomic mass is 32.2. The van der Waals surface area contributed by atoms with Crippen LogP contribution in [0.2, 0.25) is 0 Å². The predicted molar refractivity (Wildman–Crippen MR) is 66.4 cm³/mol. The third-order valence-corrected chi connectivity index (χ3v) is 5.85. The number of carbonyl (C=O) groups excluding carboxylic acids is 1. The van der Waals surface area contributed by atoms with Crippen molar-refractivity contribution in [2.24, 2.45) is 0 Å². The van der Waals surface area contributed by atoms with Crippen molar-refractivity contribution >= 4 is 35.4 Å². The fraction of sp³-hybridized carbons (Fsp3) is 0.600. The Morgan fingerprint density at radius 3 is 3.00 bits per heavy atom. The van der Waals surface area contributed by atoms with Crippen molar-refractivity contribution in [1.82, 2.24) is 10.2 Å². The second-order valence-electron chi connectivity index (χ2n) is 4.21. The van der Waals surface area contributed by atoms with E-state index >= 15 is 0 Å². The Bertz CT molecular complexity index is 418. The van der Waals surface area contributed by atoms with E-state index in [1.165, 1.54) is 16.7 Å². The van der Waals surface area contributed by atoms with Gasteiger partial charge in [-0.2, -0.15) is 0 Å². The van der Waals surface area contributed by atoms with Crippen molar-refractivity contribution in [2.45, 2.75) is 23.5 Å². The number of thioether (sulfide) groups is 2. The number of hydrogen-bond acceptors (Lipinski definition) is 5. The van der Waals surface area contributed by atoms with Gasteiger partial charge in [-0.3, -0.25) is 9.69 Å². The minimum absolute atomic E-state index is 0.0328. The van der Waals surface area contributed by atoms with Crippen molar-refractivity contribution in [2.75, 3.05) is 13.1 Å². The quantitative estimate of drug-likeness (QED) is 0.735. The molecule has 1 unspecified atom stereocenters. The van der Waals surface area contributed by atoms with E-state index in [-0.39, 0.29) is 17.0 Å². The maximum atomic E-state index is 11.4. The van der Waals surface area contributed by atoms with Crippen LogP contribution >= 0.6 is 23.5 Å². The molecule has 3 aliphatic rings. The van der Waals surface area contributed by atoms with E-state index in [0.717, 1.165) is 23.7 Å². The maximum Gasteiger partial charge on any atom is 0.354 e. The summed E-state index contributed by atoms with van der Waals surface area (Å²) in [6.45, 7) is 1.91. The molecular weight excluding hydrogens is 260 g/mol. The minimum Gasteiger partial charge on any atom is -0.477 e. The van der Waals surface area contributed by atoms with Crippen molar-refractivity contribution in [1.29, 1.82) is 0 Å². The summed E-state index contributed by atoms with van der Waals surface area (Å²) in [6, 6.07) is 0. The lowest BCUT2D eigenvalue weighted by Gasteiger charge is -2.33. The lowest BCUT2D eigenvalue weighted by molar-refractivity contribution is -0.145. The smallest absolute Gasteiger partial charge is 0.354 e.